The molecule has 1 aromatic heterocycles. The third-order valence-electron chi connectivity index (χ3n) is 2.27. The summed E-state index contributed by atoms with van der Waals surface area (Å²) in [5.74, 6) is 3.02. The number of furan rings is 1. The molecule has 1 aromatic carbocycles. The van der Waals surface area contributed by atoms with Crippen LogP contribution < -0.4 is 0 Å². The molecule has 0 spiro atoms. The van der Waals surface area contributed by atoms with Crippen LogP contribution in [0.15, 0.2) is 34.9 Å². The maximum atomic E-state index is 5.49. The molecule has 0 aliphatic rings. The predicted octanol–water partition coefficient (Wildman–Crippen LogP) is 4.32. The Hall–Kier alpha value is -0.890. The van der Waals surface area contributed by atoms with Crippen LogP contribution in [0.25, 0.3) is 11.0 Å². The van der Waals surface area contributed by atoms with Gasteiger partial charge in [0, 0.05) is 16.7 Å². The minimum Gasteiger partial charge on any atom is -0.464 e. The molecule has 0 aliphatic heterocycles. The zero-order valence-corrected chi connectivity index (χ0v) is 10.0. The standard InChI is InChI=1S/C13H16OS/c1-10(2)8-15-9-11-7-14-13-6-4-3-5-12(11)13/h3-7,10H,8-9H2,1-2H3. The Morgan fingerprint density at radius 3 is 2.87 bits per heavy atom. The Labute approximate surface area is 94.9 Å². The fraction of sp³-hybridized carbons (Fsp3) is 0.385. The summed E-state index contributed by atoms with van der Waals surface area (Å²) in [5.41, 5.74) is 2.31. The van der Waals surface area contributed by atoms with Crippen LogP contribution in [0.1, 0.15) is 19.4 Å². The first-order chi connectivity index (χ1) is 7.27. The van der Waals surface area contributed by atoms with Gasteiger partial charge in [0.15, 0.2) is 0 Å². The molecule has 0 saturated carbocycles. The van der Waals surface area contributed by atoms with E-state index in [4.69, 9.17) is 4.42 Å². The molecule has 15 heavy (non-hydrogen) atoms. The van der Waals surface area contributed by atoms with Crippen LogP contribution in [0, 0.1) is 5.92 Å². The normalized spacial score (nSPS) is 11.4. The van der Waals surface area contributed by atoms with Crippen LogP contribution in [0.3, 0.4) is 0 Å². The number of para-hydroxylation sites is 1. The summed E-state index contributed by atoms with van der Waals surface area (Å²) in [6.07, 6.45) is 1.89. The lowest BCUT2D eigenvalue weighted by molar-refractivity contribution is 0.612. The quantitative estimate of drug-likeness (QED) is 0.761. The molecule has 0 amide bonds. The summed E-state index contributed by atoms with van der Waals surface area (Å²) in [6.45, 7) is 4.50. The van der Waals surface area contributed by atoms with Crippen molar-refractivity contribution in [2.24, 2.45) is 5.92 Å². The summed E-state index contributed by atoms with van der Waals surface area (Å²) in [6, 6.07) is 8.22. The maximum absolute atomic E-state index is 5.49. The lowest BCUT2D eigenvalue weighted by atomic mass is 10.2. The van der Waals surface area contributed by atoms with Crippen LogP contribution in [0.5, 0.6) is 0 Å². The van der Waals surface area contributed by atoms with Gasteiger partial charge in [0.2, 0.25) is 0 Å². The molecule has 0 N–H and O–H groups in total. The van der Waals surface area contributed by atoms with Gasteiger partial charge in [0.25, 0.3) is 0 Å². The van der Waals surface area contributed by atoms with Gasteiger partial charge in [0.05, 0.1) is 6.26 Å². The zero-order valence-electron chi connectivity index (χ0n) is 9.19. The fourth-order valence-electron chi connectivity index (χ4n) is 1.55. The first kappa shape index (κ1) is 10.6. The van der Waals surface area contributed by atoms with Gasteiger partial charge in [-0.2, -0.15) is 11.8 Å². The van der Waals surface area contributed by atoms with Gasteiger partial charge < -0.3 is 4.42 Å². The van der Waals surface area contributed by atoms with Crippen molar-refractivity contribution in [3.63, 3.8) is 0 Å². The number of thioether (sulfide) groups is 1. The van der Waals surface area contributed by atoms with Crippen molar-refractivity contribution in [3.8, 4) is 0 Å². The second kappa shape index (κ2) is 4.75. The smallest absolute Gasteiger partial charge is 0.134 e. The highest BCUT2D eigenvalue weighted by molar-refractivity contribution is 7.98. The van der Waals surface area contributed by atoms with Crippen molar-refractivity contribution >= 4 is 22.7 Å². The monoisotopic (exact) mass is 220 g/mol. The third-order valence-corrected chi connectivity index (χ3v) is 3.69. The number of benzene rings is 1. The van der Waals surface area contributed by atoms with Crippen LogP contribution >= 0.6 is 11.8 Å². The zero-order chi connectivity index (χ0) is 10.7. The minimum atomic E-state index is 0.758. The summed E-state index contributed by atoms with van der Waals surface area (Å²) < 4.78 is 5.49. The summed E-state index contributed by atoms with van der Waals surface area (Å²) in [4.78, 5) is 0. The molecule has 1 nitrogen and oxygen atoms in total. The second-order valence-corrected chi connectivity index (χ2v) is 5.20. The molecule has 0 unspecified atom stereocenters. The van der Waals surface area contributed by atoms with Crippen molar-refractivity contribution in [3.05, 3.63) is 36.1 Å². The van der Waals surface area contributed by atoms with E-state index in [2.05, 4.69) is 26.0 Å². The second-order valence-electron chi connectivity index (χ2n) is 4.17. The van der Waals surface area contributed by atoms with Crippen molar-refractivity contribution < 1.29 is 4.42 Å². The molecule has 2 aromatic rings. The fourth-order valence-corrected chi connectivity index (χ4v) is 2.58. The molecule has 1 heterocycles. The third kappa shape index (κ3) is 2.57. The van der Waals surface area contributed by atoms with Crippen molar-refractivity contribution in [1.82, 2.24) is 0 Å². The average Bonchev–Trinajstić information content (AvgIpc) is 2.62. The largest absolute Gasteiger partial charge is 0.464 e. The van der Waals surface area contributed by atoms with E-state index in [0.717, 1.165) is 17.3 Å². The van der Waals surface area contributed by atoms with Crippen molar-refractivity contribution in [2.45, 2.75) is 19.6 Å². The van der Waals surface area contributed by atoms with E-state index < -0.39 is 0 Å². The topological polar surface area (TPSA) is 13.1 Å². The van der Waals surface area contributed by atoms with E-state index in [-0.39, 0.29) is 0 Å². The van der Waals surface area contributed by atoms with Crippen molar-refractivity contribution in [2.75, 3.05) is 5.75 Å². The lowest BCUT2D eigenvalue weighted by Gasteiger charge is -2.02. The van der Waals surface area contributed by atoms with Crippen LogP contribution in [-0.2, 0) is 5.75 Å². The molecule has 0 aliphatic carbocycles. The molecule has 0 saturated heterocycles. The molecule has 0 radical (unpaired) electrons. The highest BCUT2D eigenvalue weighted by Gasteiger charge is 2.04. The van der Waals surface area contributed by atoms with E-state index in [1.807, 2.05) is 30.2 Å². The molecule has 2 heteroatoms. The SMILES string of the molecule is CC(C)CSCc1coc2ccccc12. The number of fused-ring (bicyclic) bond motifs is 1. The van der Waals surface area contributed by atoms with Gasteiger partial charge >= 0.3 is 0 Å². The number of hydrogen-bond acceptors (Lipinski definition) is 2. The van der Waals surface area contributed by atoms with Gasteiger partial charge in [-0.3, -0.25) is 0 Å². The molecule has 0 fully saturated rings. The van der Waals surface area contributed by atoms with E-state index in [1.165, 1.54) is 16.7 Å². The van der Waals surface area contributed by atoms with Gasteiger partial charge in [-0.25, -0.2) is 0 Å². The molecular weight excluding hydrogens is 204 g/mol. The Morgan fingerprint density at radius 2 is 2.07 bits per heavy atom. The summed E-state index contributed by atoms with van der Waals surface area (Å²) in [5, 5.41) is 1.26. The Morgan fingerprint density at radius 1 is 1.27 bits per heavy atom. The molecule has 0 atom stereocenters. The lowest BCUT2D eigenvalue weighted by Crippen LogP contribution is -1.90. The van der Waals surface area contributed by atoms with E-state index in [0.29, 0.717) is 0 Å². The Kier molecular flexibility index (Phi) is 3.37. The Bertz CT molecular complexity index is 431. The van der Waals surface area contributed by atoms with Crippen LogP contribution in [-0.4, -0.2) is 5.75 Å². The predicted molar refractivity (Wildman–Crippen MR) is 67.2 cm³/mol. The van der Waals surface area contributed by atoms with E-state index in [1.54, 1.807) is 0 Å². The highest BCUT2D eigenvalue weighted by atomic mass is 32.2. The van der Waals surface area contributed by atoms with Crippen LogP contribution in [0.4, 0.5) is 0 Å². The average molecular weight is 220 g/mol. The summed E-state index contributed by atoms with van der Waals surface area (Å²) >= 11 is 1.97. The maximum Gasteiger partial charge on any atom is 0.134 e. The van der Waals surface area contributed by atoms with Gasteiger partial charge in [-0.05, 0) is 17.7 Å². The molecule has 80 valence electrons. The van der Waals surface area contributed by atoms with E-state index >= 15 is 0 Å². The highest BCUT2D eigenvalue weighted by Crippen LogP contribution is 2.25. The first-order valence-corrected chi connectivity index (χ1v) is 6.45. The van der Waals surface area contributed by atoms with Gasteiger partial charge in [-0.15, -0.1) is 0 Å². The van der Waals surface area contributed by atoms with Crippen LogP contribution in [0.2, 0.25) is 0 Å². The number of rotatable bonds is 4. The minimum absolute atomic E-state index is 0.758. The summed E-state index contributed by atoms with van der Waals surface area (Å²) in [7, 11) is 0. The first-order valence-electron chi connectivity index (χ1n) is 5.30. The van der Waals surface area contributed by atoms with E-state index in [9.17, 15) is 0 Å². The molecular formula is C13H16OS. The number of hydrogen-bond donors (Lipinski definition) is 0. The van der Waals surface area contributed by atoms with Gasteiger partial charge in [-0.1, -0.05) is 32.0 Å². The molecule has 2 rings (SSSR count). The Balaban J connectivity index is 2.08. The van der Waals surface area contributed by atoms with Gasteiger partial charge in [0.1, 0.15) is 5.58 Å². The molecule has 0 bridgehead atoms. The van der Waals surface area contributed by atoms with Crippen molar-refractivity contribution in [1.29, 1.82) is 0 Å².